The van der Waals surface area contributed by atoms with Crippen LogP contribution in [0.3, 0.4) is 0 Å². The number of methoxy groups -OCH3 is 1. The molecule has 3 heterocycles. The fourth-order valence-corrected chi connectivity index (χ4v) is 4.68. The Morgan fingerprint density at radius 1 is 1.36 bits per heavy atom. The summed E-state index contributed by atoms with van der Waals surface area (Å²) in [5.41, 5.74) is 1.09. The monoisotopic (exact) mass is 498 g/mol. The zero-order valence-electron chi connectivity index (χ0n) is 18.9. The lowest BCUT2D eigenvalue weighted by Gasteiger charge is -2.37. The van der Waals surface area contributed by atoms with Crippen LogP contribution in [0.25, 0.3) is 0 Å². The lowest BCUT2D eigenvalue weighted by atomic mass is 10.0. The number of imidazole rings is 1. The first-order valence-electron chi connectivity index (χ1n) is 10.5. The van der Waals surface area contributed by atoms with E-state index in [0.717, 1.165) is 0 Å². The lowest BCUT2D eigenvalue weighted by Crippen LogP contribution is -2.55. The average molecular weight is 499 g/mol. The smallest absolute Gasteiger partial charge is 0.350 e. The maximum Gasteiger partial charge on any atom is 0.350 e. The summed E-state index contributed by atoms with van der Waals surface area (Å²) >= 11 is 7.27. The number of ether oxygens (including phenoxy) is 2. The normalized spacial score (nSPS) is 18.5. The van der Waals surface area contributed by atoms with Crippen molar-refractivity contribution in [2.75, 3.05) is 38.8 Å². The van der Waals surface area contributed by atoms with Gasteiger partial charge in [0.15, 0.2) is 16.1 Å². The van der Waals surface area contributed by atoms with E-state index in [1.807, 2.05) is 11.8 Å². The second kappa shape index (κ2) is 11.4. The fourth-order valence-electron chi connectivity index (χ4n) is 3.45. The Kier molecular flexibility index (Phi) is 8.64. The van der Waals surface area contributed by atoms with Crippen LogP contribution >= 0.6 is 22.9 Å². The molecule has 0 radical (unpaired) electrons. The highest BCUT2D eigenvalue weighted by molar-refractivity contribution is 7.17. The van der Waals surface area contributed by atoms with Crippen LogP contribution in [0.5, 0.6) is 0 Å². The Labute approximate surface area is 200 Å². The number of nitrogens with zero attached hydrogens (tertiary/aromatic N) is 4. The molecule has 33 heavy (non-hydrogen) atoms. The highest BCUT2D eigenvalue weighted by Gasteiger charge is 2.33. The van der Waals surface area contributed by atoms with Crippen LogP contribution in [0.4, 0.5) is 5.13 Å². The van der Waals surface area contributed by atoms with E-state index in [-0.39, 0.29) is 30.5 Å². The standard InChI is InChI=1S/C20H27ClN6O5S/c1-5-11-16(21)26-17(23-11)18(28)24-12-7-8-27(10-14(12)30-3)20-25-13(9-22-31-4)15(33-20)19(29)32-6-2/h9,12,14H,5-8,10H2,1-4H3,(H,23,26)(H,24,28)/b22-9+. The molecular weight excluding hydrogens is 472 g/mol. The third-order valence-corrected chi connectivity index (χ3v) is 6.55. The van der Waals surface area contributed by atoms with Gasteiger partial charge in [-0.25, -0.2) is 14.8 Å². The molecule has 0 saturated carbocycles. The van der Waals surface area contributed by atoms with Crippen molar-refractivity contribution in [3.05, 3.63) is 27.2 Å². The summed E-state index contributed by atoms with van der Waals surface area (Å²) in [4.78, 5) is 43.7. The second-order valence-electron chi connectivity index (χ2n) is 7.15. The van der Waals surface area contributed by atoms with Crippen molar-refractivity contribution in [1.29, 1.82) is 0 Å². The van der Waals surface area contributed by atoms with Gasteiger partial charge in [0, 0.05) is 20.2 Å². The fraction of sp³-hybridized carbons (Fsp3) is 0.550. The lowest BCUT2D eigenvalue weighted by molar-refractivity contribution is 0.0530. The molecule has 0 spiro atoms. The van der Waals surface area contributed by atoms with Crippen LogP contribution in [-0.2, 0) is 20.7 Å². The Bertz CT molecular complexity index is 1010. The number of thiazole rings is 1. The predicted octanol–water partition coefficient (Wildman–Crippen LogP) is 2.26. The van der Waals surface area contributed by atoms with E-state index in [2.05, 4.69) is 25.4 Å². The van der Waals surface area contributed by atoms with E-state index in [1.165, 1.54) is 24.7 Å². The minimum absolute atomic E-state index is 0.176. The van der Waals surface area contributed by atoms with Crippen molar-refractivity contribution < 1.29 is 23.9 Å². The number of esters is 1. The number of oxime groups is 1. The summed E-state index contributed by atoms with van der Waals surface area (Å²) in [5.74, 6) is -0.628. The first-order valence-corrected chi connectivity index (χ1v) is 11.7. The maximum atomic E-state index is 12.7. The molecule has 2 aromatic rings. The topological polar surface area (TPSA) is 131 Å². The molecule has 1 aliphatic heterocycles. The molecule has 13 heteroatoms. The molecule has 3 rings (SSSR count). The second-order valence-corrected chi connectivity index (χ2v) is 8.48. The number of piperidine rings is 1. The van der Waals surface area contributed by atoms with Gasteiger partial charge in [0.2, 0.25) is 0 Å². The number of halogens is 1. The number of H-pyrrole nitrogens is 1. The third kappa shape index (κ3) is 5.81. The summed E-state index contributed by atoms with van der Waals surface area (Å²) in [6.45, 7) is 4.99. The van der Waals surface area contributed by atoms with Gasteiger partial charge in [-0.2, -0.15) is 0 Å². The van der Waals surface area contributed by atoms with Gasteiger partial charge in [-0.05, 0) is 19.8 Å². The average Bonchev–Trinajstić information content (AvgIpc) is 3.41. The van der Waals surface area contributed by atoms with Gasteiger partial charge < -0.3 is 29.5 Å². The molecule has 0 aliphatic carbocycles. The minimum atomic E-state index is -0.465. The van der Waals surface area contributed by atoms with Gasteiger partial charge in [0.25, 0.3) is 5.91 Å². The van der Waals surface area contributed by atoms with Crippen molar-refractivity contribution in [2.45, 2.75) is 38.8 Å². The van der Waals surface area contributed by atoms with Crippen LogP contribution in [-0.4, -0.2) is 79.1 Å². The van der Waals surface area contributed by atoms with Crippen molar-refractivity contribution >= 4 is 46.2 Å². The molecular formula is C20H27ClN6O5S. The van der Waals surface area contributed by atoms with E-state index < -0.39 is 5.97 Å². The first kappa shape index (κ1) is 24.9. The number of aromatic nitrogens is 3. The Morgan fingerprint density at radius 3 is 2.79 bits per heavy atom. The number of carbonyl (C=O) groups excluding carboxylic acids is 2. The zero-order chi connectivity index (χ0) is 24.0. The molecule has 1 amide bonds. The van der Waals surface area contributed by atoms with E-state index in [1.54, 1.807) is 14.0 Å². The van der Waals surface area contributed by atoms with E-state index in [9.17, 15) is 9.59 Å². The number of anilines is 1. The third-order valence-electron chi connectivity index (χ3n) is 5.13. The Balaban J connectivity index is 1.72. The predicted molar refractivity (Wildman–Crippen MR) is 125 cm³/mol. The van der Waals surface area contributed by atoms with E-state index in [0.29, 0.717) is 52.5 Å². The van der Waals surface area contributed by atoms with Crippen LogP contribution < -0.4 is 10.2 Å². The molecule has 1 aliphatic rings. The first-order chi connectivity index (χ1) is 15.9. The summed E-state index contributed by atoms with van der Waals surface area (Å²) < 4.78 is 10.8. The SMILES string of the molecule is CCOC(=O)c1sc(N2CCC(NC(=O)c3nc(Cl)c(CC)[nH]3)C(OC)C2)nc1/C=N/OC. The van der Waals surface area contributed by atoms with Gasteiger partial charge in [-0.15, -0.1) is 0 Å². The van der Waals surface area contributed by atoms with E-state index >= 15 is 0 Å². The van der Waals surface area contributed by atoms with Crippen LogP contribution in [0.2, 0.25) is 5.15 Å². The number of hydrogen-bond donors (Lipinski definition) is 2. The van der Waals surface area contributed by atoms with Crippen LogP contribution in [0.1, 0.15) is 51.9 Å². The molecule has 11 nitrogen and oxygen atoms in total. The summed E-state index contributed by atoms with van der Waals surface area (Å²) in [6, 6.07) is -0.230. The van der Waals surface area contributed by atoms with Gasteiger partial charge in [-0.3, -0.25) is 4.79 Å². The number of rotatable bonds is 9. The molecule has 1 saturated heterocycles. The van der Waals surface area contributed by atoms with E-state index in [4.69, 9.17) is 25.9 Å². The maximum absolute atomic E-state index is 12.7. The number of hydrogen-bond acceptors (Lipinski definition) is 10. The molecule has 180 valence electrons. The van der Waals surface area contributed by atoms with Crippen molar-refractivity contribution in [2.24, 2.45) is 5.16 Å². The van der Waals surface area contributed by atoms with Crippen LogP contribution in [0, 0.1) is 0 Å². The summed E-state index contributed by atoms with van der Waals surface area (Å²) in [6.07, 6.45) is 2.34. The molecule has 2 N–H and O–H groups in total. The zero-order valence-corrected chi connectivity index (χ0v) is 20.5. The summed E-state index contributed by atoms with van der Waals surface area (Å²) in [5, 5.41) is 7.64. The largest absolute Gasteiger partial charge is 0.462 e. The molecule has 0 aromatic carbocycles. The Morgan fingerprint density at radius 2 is 2.15 bits per heavy atom. The van der Waals surface area contributed by atoms with Gasteiger partial charge in [0.05, 0.1) is 30.7 Å². The summed E-state index contributed by atoms with van der Waals surface area (Å²) in [7, 11) is 3.00. The van der Waals surface area contributed by atoms with Crippen molar-refractivity contribution in [3.63, 3.8) is 0 Å². The van der Waals surface area contributed by atoms with Gasteiger partial charge in [0.1, 0.15) is 17.7 Å². The minimum Gasteiger partial charge on any atom is -0.462 e. The number of carbonyl (C=O) groups is 2. The number of amides is 1. The van der Waals surface area contributed by atoms with Crippen molar-refractivity contribution in [3.8, 4) is 0 Å². The van der Waals surface area contributed by atoms with Crippen LogP contribution in [0.15, 0.2) is 5.16 Å². The number of aryl methyl sites for hydroxylation is 1. The number of aromatic amines is 1. The van der Waals surface area contributed by atoms with Gasteiger partial charge in [-0.1, -0.05) is 35.0 Å². The highest BCUT2D eigenvalue weighted by Crippen LogP contribution is 2.29. The molecule has 2 aromatic heterocycles. The molecule has 1 fully saturated rings. The molecule has 2 atom stereocenters. The molecule has 0 bridgehead atoms. The quantitative estimate of drug-likeness (QED) is 0.306. The molecule has 2 unspecified atom stereocenters. The van der Waals surface area contributed by atoms with Gasteiger partial charge >= 0.3 is 5.97 Å². The Hall–Kier alpha value is -2.70. The number of nitrogens with one attached hydrogen (secondary N) is 2. The highest BCUT2D eigenvalue weighted by atomic mass is 35.5. The van der Waals surface area contributed by atoms with Crippen molar-refractivity contribution in [1.82, 2.24) is 20.3 Å².